The van der Waals surface area contributed by atoms with Gasteiger partial charge in [-0.25, -0.2) is 9.97 Å². The second-order valence-electron chi connectivity index (χ2n) is 5.94. The summed E-state index contributed by atoms with van der Waals surface area (Å²) in [5.74, 6) is -0.194. The van der Waals surface area contributed by atoms with Crippen LogP contribution in [0.4, 0.5) is 0 Å². The molecule has 2 heterocycles. The van der Waals surface area contributed by atoms with Crippen LogP contribution >= 0.6 is 0 Å². The molecule has 0 spiro atoms. The lowest BCUT2D eigenvalue weighted by atomic mass is 9.90. The highest BCUT2D eigenvalue weighted by Gasteiger charge is 2.31. The van der Waals surface area contributed by atoms with Gasteiger partial charge in [0.15, 0.2) is 0 Å². The number of hydrogen-bond acceptors (Lipinski definition) is 3. The van der Waals surface area contributed by atoms with Gasteiger partial charge in [-0.15, -0.1) is 0 Å². The second kappa shape index (κ2) is 6.24. The van der Waals surface area contributed by atoms with Gasteiger partial charge < -0.3 is 4.90 Å². The summed E-state index contributed by atoms with van der Waals surface area (Å²) in [5.41, 5.74) is 4.00. The lowest BCUT2D eigenvalue weighted by molar-refractivity contribution is -0.132. The number of amides is 1. The Kier molecular flexibility index (Phi) is 3.79. The first-order valence-corrected chi connectivity index (χ1v) is 7.99. The third-order valence-corrected chi connectivity index (χ3v) is 4.41. The smallest absolute Gasteiger partial charge is 0.235 e. The number of carbonyl (C=O) groups excluding carboxylic acids is 1. The molecule has 0 atom stereocenters. The van der Waals surface area contributed by atoms with Gasteiger partial charge in [0.1, 0.15) is 6.33 Å². The van der Waals surface area contributed by atoms with Crippen LogP contribution in [0, 0.1) is 0 Å². The summed E-state index contributed by atoms with van der Waals surface area (Å²) < 4.78 is 0. The second-order valence-corrected chi connectivity index (χ2v) is 5.94. The molecular weight excluding hydrogens is 298 g/mol. The molecule has 0 saturated heterocycles. The largest absolute Gasteiger partial charge is 0.332 e. The van der Waals surface area contributed by atoms with E-state index in [9.17, 15) is 4.79 Å². The Morgan fingerprint density at radius 2 is 1.54 bits per heavy atom. The molecule has 24 heavy (non-hydrogen) atoms. The van der Waals surface area contributed by atoms with Crippen LogP contribution in [0.3, 0.4) is 0 Å². The minimum Gasteiger partial charge on any atom is -0.332 e. The van der Waals surface area contributed by atoms with Crippen molar-refractivity contribution in [2.75, 3.05) is 0 Å². The van der Waals surface area contributed by atoms with E-state index in [0.29, 0.717) is 13.1 Å². The van der Waals surface area contributed by atoms with Crippen molar-refractivity contribution >= 4 is 5.91 Å². The van der Waals surface area contributed by atoms with Gasteiger partial charge in [0.25, 0.3) is 0 Å². The normalized spacial score (nSPS) is 13.1. The van der Waals surface area contributed by atoms with Crippen molar-refractivity contribution in [1.82, 2.24) is 14.9 Å². The van der Waals surface area contributed by atoms with E-state index in [1.807, 2.05) is 65.6 Å². The maximum atomic E-state index is 13.3. The van der Waals surface area contributed by atoms with E-state index in [0.717, 1.165) is 22.4 Å². The zero-order valence-electron chi connectivity index (χ0n) is 13.2. The van der Waals surface area contributed by atoms with Gasteiger partial charge in [-0.3, -0.25) is 4.79 Å². The summed E-state index contributed by atoms with van der Waals surface area (Å²) >= 11 is 0. The Labute approximate surface area is 140 Å². The van der Waals surface area contributed by atoms with Crippen LogP contribution in [-0.2, 0) is 17.9 Å². The van der Waals surface area contributed by atoms with E-state index in [4.69, 9.17) is 0 Å². The predicted molar refractivity (Wildman–Crippen MR) is 91.0 cm³/mol. The van der Waals surface area contributed by atoms with E-state index in [1.165, 1.54) is 0 Å². The van der Waals surface area contributed by atoms with E-state index in [2.05, 4.69) is 9.97 Å². The van der Waals surface area contributed by atoms with Crippen molar-refractivity contribution in [3.8, 4) is 0 Å². The number of carbonyl (C=O) groups is 1. The molecule has 1 aliphatic rings. The van der Waals surface area contributed by atoms with Crippen LogP contribution in [-0.4, -0.2) is 20.8 Å². The molecule has 2 aromatic carbocycles. The first kappa shape index (κ1) is 14.6. The van der Waals surface area contributed by atoms with Crippen LogP contribution in [0.1, 0.15) is 28.3 Å². The van der Waals surface area contributed by atoms with Crippen molar-refractivity contribution in [2.45, 2.75) is 19.0 Å². The standard InChI is InChI=1S/C20H17N3O/c24-20(23-12-17-11-21-14-22-18(17)13-23)19(15-7-3-1-4-8-15)16-9-5-2-6-10-16/h1-11,14,19H,12-13H2. The molecule has 1 amide bonds. The Hall–Kier alpha value is -3.01. The van der Waals surface area contributed by atoms with E-state index in [-0.39, 0.29) is 11.8 Å². The molecule has 0 fully saturated rings. The average Bonchev–Trinajstić information content (AvgIpc) is 3.08. The van der Waals surface area contributed by atoms with Gasteiger partial charge in [-0.2, -0.15) is 0 Å². The lowest BCUT2D eigenvalue weighted by Gasteiger charge is -2.24. The molecule has 0 saturated carbocycles. The van der Waals surface area contributed by atoms with Crippen LogP contribution in [0.5, 0.6) is 0 Å². The zero-order valence-corrected chi connectivity index (χ0v) is 13.2. The van der Waals surface area contributed by atoms with E-state index >= 15 is 0 Å². The summed E-state index contributed by atoms with van der Waals surface area (Å²) in [6, 6.07) is 19.9. The maximum absolute atomic E-state index is 13.3. The number of fused-ring (bicyclic) bond motifs is 1. The van der Waals surface area contributed by atoms with Crippen molar-refractivity contribution in [1.29, 1.82) is 0 Å². The van der Waals surface area contributed by atoms with Gasteiger partial charge in [-0.1, -0.05) is 60.7 Å². The topological polar surface area (TPSA) is 46.1 Å². The van der Waals surface area contributed by atoms with Crippen LogP contribution in [0.2, 0.25) is 0 Å². The molecule has 0 radical (unpaired) electrons. The molecule has 4 heteroatoms. The average molecular weight is 315 g/mol. The van der Waals surface area contributed by atoms with Crippen molar-refractivity contribution < 1.29 is 4.79 Å². The van der Waals surface area contributed by atoms with Gasteiger partial charge in [-0.05, 0) is 11.1 Å². The minimum atomic E-state index is -0.297. The molecule has 1 aliphatic heterocycles. The summed E-state index contributed by atoms with van der Waals surface area (Å²) in [7, 11) is 0. The van der Waals surface area contributed by atoms with Crippen molar-refractivity contribution in [3.05, 3.63) is 95.6 Å². The number of nitrogens with zero attached hydrogens (tertiary/aromatic N) is 3. The van der Waals surface area contributed by atoms with E-state index < -0.39 is 0 Å². The van der Waals surface area contributed by atoms with Gasteiger partial charge >= 0.3 is 0 Å². The van der Waals surface area contributed by atoms with E-state index in [1.54, 1.807) is 12.5 Å². The van der Waals surface area contributed by atoms with Crippen molar-refractivity contribution in [2.24, 2.45) is 0 Å². The Balaban J connectivity index is 1.69. The first-order chi connectivity index (χ1) is 11.8. The zero-order chi connectivity index (χ0) is 16.4. The number of rotatable bonds is 3. The molecule has 0 bridgehead atoms. The molecule has 0 N–H and O–H groups in total. The molecule has 118 valence electrons. The molecule has 0 aliphatic carbocycles. The number of aromatic nitrogens is 2. The highest BCUT2D eigenvalue weighted by Crippen LogP contribution is 2.30. The summed E-state index contributed by atoms with van der Waals surface area (Å²) in [6.07, 6.45) is 3.34. The maximum Gasteiger partial charge on any atom is 0.235 e. The third kappa shape index (κ3) is 2.67. The Morgan fingerprint density at radius 3 is 2.12 bits per heavy atom. The quantitative estimate of drug-likeness (QED) is 0.746. The molecule has 4 rings (SSSR count). The molecular formula is C20H17N3O. The lowest BCUT2D eigenvalue weighted by Crippen LogP contribution is -2.31. The third-order valence-electron chi connectivity index (χ3n) is 4.41. The fraction of sp³-hybridized carbons (Fsp3) is 0.150. The van der Waals surface area contributed by atoms with Gasteiger partial charge in [0.05, 0.1) is 18.2 Å². The Bertz CT molecular complexity index is 785. The summed E-state index contributed by atoms with van der Waals surface area (Å²) in [4.78, 5) is 23.5. The molecule has 1 aromatic heterocycles. The molecule has 3 aromatic rings. The highest BCUT2D eigenvalue weighted by atomic mass is 16.2. The number of benzene rings is 2. The Morgan fingerprint density at radius 1 is 0.917 bits per heavy atom. The fourth-order valence-corrected chi connectivity index (χ4v) is 3.21. The van der Waals surface area contributed by atoms with Crippen LogP contribution in [0.25, 0.3) is 0 Å². The predicted octanol–water partition coefficient (Wildman–Crippen LogP) is 3.15. The summed E-state index contributed by atoms with van der Waals surface area (Å²) in [5, 5.41) is 0. The molecule has 4 nitrogen and oxygen atoms in total. The monoisotopic (exact) mass is 315 g/mol. The van der Waals surface area contributed by atoms with Gasteiger partial charge in [0, 0.05) is 18.3 Å². The minimum absolute atomic E-state index is 0.102. The van der Waals surface area contributed by atoms with Crippen molar-refractivity contribution in [3.63, 3.8) is 0 Å². The van der Waals surface area contributed by atoms with Crippen LogP contribution < -0.4 is 0 Å². The molecule has 0 unspecified atom stereocenters. The number of hydrogen-bond donors (Lipinski definition) is 0. The fourth-order valence-electron chi connectivity index (χ4n) is 3.21. The first-order valence-electron chi connectivity index (χ1n) is 7.99. The highest BCUT2D eigenvalue weighted by molar-refractivity contribution is 5.87. The van der Waals surface area contributed by atoms with Gasteiger partial charge in [0.2, 0.25) is 5.91 Å². The summed E-state index contributed by atoms with van der Waals surface area (Å²) in [6.45, 7) is 1.12. The van der Waals surface area contributed by atoms with Crippen LogP contribution in [0.15, 0.2) is 73.2 Å². The SMILES string of the molecule is O=C(C(c1ccccc1)c1ccccc1)N1Cc2cncnc2C1.